The Balaban J connectivity index is 1.51. The summed E-state index contributed by atoms with van der Waals surface area (Å²) >= 11 is 7.14. The van der Waals surface area contributed by atoms with Crippen molar-refractivity contribution in [3.63, 3.8) is 0 Å². The van der Waals surface area contributed by atoms with Gasteiger partial charge in [0, 0.05) is 23.1 Å². The molecule has 4 aromatic rings. The standard InChI is InChI=1S/C19H15ClN6O2S/c20-13-3-5-14(6-4-13)23-17(27)12-29-19-25-24-18(16-10-21-7-8-22-16)26(19)11-15-2-1-9-28-15/h1-10H,11-12H2,(H,23,27). The first-order chi connectivity index (χ1) is 14.2. The van der Waals surface area contributed by atoms with E-state index in [1.165, 1.54) is 11.8 Å². The number of anilines is 1. The Kier molecular flexibility index (Phi) is 5.87. The molecule has 0 saturated carbocycles. The van der Waals surface area contributed by atoms with Crippen molar-refractivity contribution in [3.05, 3.63) is 72.0 Å². The Hall–Kier alpha value is -3.17. The van der Waals surface area contributed by atoms with Crippen LogP contribution < -0.4 is 5.32 Å². The molecule has 3 heterocycles. The molecule has 1 N–H and O–H groups in total. The molecule has 0 atom stereocenters. The van der Waals surface area contributed by atoms with Gasteiger partial charge in [-0.3, -0.25) is 14.3 Å². The Morgan fingerprint density at radius 1 is 1.17 bits per heavy atom. The van der Waals surface area contributed by atoms with E-state index in [0.29, 0.717) is 33.9 Å². The molecule has 0 aliphatic carbocycles. The van der Waals surface area contributed by atoms with E-state index in [4.69, 9.17) is 16.0 Å². The van der Waals surface area contributed by atoms with Gasteiger partial charge in [0.1, 0.15) is 11.5 Å². The molecule has 8 nitrogen and oxygen atoms in total. The number of nitrogens with zero attached hydrogens (tertiary/aromatic N) is 5. The maximum Gasteiger partial charge on any atom is 0.234 e. The van der Waals surface area contributed by atoms with E-state index in [2.05, 4.69) is 25.5 Å². The molecule has 0 aliphatic heterocycles. The summed E-state index contributed by atoms with van der Waals surface area (Å²) in [6.07, 6.45) is 6.40. The SMILES string of the molecule is O=C(CSc1nnc(-c2cnccn2)n1Cc1ccco1)Nc1ccc(Cl)cc1. The van der Waals surface area contributed by atoms with Gasteiger partial charge in [0.05, 0.1) is 24.8 Å². The third kappa shape index (κ3) is 4.82. The summed E-state index contributed by atoms with van der Waals surface area (Å²) in [4.78, 5) is 20.7. The van der Waals surface area contributed by atoms with Gasteiger partial charge in [-0.15, -0.1) is 10.2 Å². The van der Waals surface area contributed by atoms with E-state index in [1.807, 2.05) is 16.7 Å². The lowest BCUT2D eigenvalue weighted by molar-refractivity contribution is -0.113. The minimum Gasteiger partial charge on any atom is -0.467 e. The van der Waals surface area contributed by atoms with Crippen LogP contribution in [0.5, 0.6) is 0 Å². The summed E-state index contributed by atoms with van der Waals surface area (Å²) in [6.45, 7) is 0.410. The fourth-order valence-corrected chi connectivity index (χ4v) is 3.42. The van der Waals surface area contributed by atoms with Crippen molar-refractivity contribution in [1.82, 2.24) is 24.7 Å². The van der Waals surface area contributed by atoms with Crippen molar-refractivity contribution in [3.8, 4) is 11.5 Å². The van der Waals surface area contributed by atoms with E-state index in [9.17, 15) is 4.79 Å². The van der Waals surface area contributed by atoms with Crippen LogP contribution in [0.2, 0.25) is 5.02 Å². The number of carbonyl (C=O) groups excluding carboxylic acids is 1. The van der Waals surface area contributed by atoms with Gasteiger partial charge in [-0.1, -0.05) is 23.4 Å². The number of nitrogens with one attached hydrogen (secondary N) is 1. The molecule has 10 heteroatoms. The van der Waals surface area contributed by atoms with Gasteiger partial charge < -0.3 is 9.73 Å². The highest BCUT2D eigenvalue weighted by molar-refractivity contribution is 7.99. The molecule has 0 fully saturated rings. The maximum atomic E-state index is 12.3. The summed E-state index contributed by atoms with van der Waals surface area (Å²) in [5, 5.41) is 12.5. The number of thioether (sulfide) groups is 1. The normalized spacial score (nSPS) is 10.8. The van der Waals surface area contributed by atoms with Crippen LogP contribution in [0.15, 0.2) is 70.8 Å². The minimum absolute atomic E-state index is 0.161. The van der Waals surface area contributed by atoms with Crippen LogP contribution in [0.1, 0.15) is 5.76 Å². The lowest BCUT2D eigenvalue weighted by Gasteiger charge is -2.08. The second kappa shape index (κ2) is 8.89. The first-order valence-corrected chi connectivity index (χ1v) is 9.95. The number of aromatic nitrogens is 5. The van der Waals surface area contributed by atoms with Crippen molar-refractivity contribution < 1.29 is 9.21 Å². The quantitative estimate of drug-likeness (QED) is 0.449. The molecule has 0 saturated heterocycles. The van der Waals surface area contributed by atoms with Crippen LogP contribution >= 0.6 is 23.4 Å². The Labute approximate surface area is 175 Å². The molecule has 29 heavy (non-hydrogen) atoms. The molecule has 0 bridgehead atoms. The zero-order chi connectivity index (χ0) is 20.1. The summed E-state index contributed by atoms with van der Waals surface area (Å²) in [5.74, 6) is 1.29. The van der Waals surface area contributed by atoms with Crippen LogP contribution in [0, 0.1) is 0 Å². The van der Waals surface area contributed by atoms with Gasteiger partial charge in [0.25, 0.3) is 0 Å². The number of hydrogen-bond acceptors (Lipinski definition) is 7. The highest BCUT2D eigenvalue weighted by Gasteiger charge is 2.18. The molecular formula is C19H15ClN6O2S. The smallest absolute Gasteiger partial charge is 0.234 e. The van der Waals surface area contributed by atoms with Crippen LogP contribution in [0.4, 0.5) is 5.69 Å². The van der Waals surface area contributed by atoms with Gasteiger partial charge in [-0.05, 0) is 36.4 Å². The third-order valence-electron chi connectivity index (χ3n) is 3.86. The lowest BCUT2D eigenvalue weighted by Crippen LogP contribution is -2.14. The van der Waals surface area contributed by atoms with E-state index >= 15 is 0 Å². The molecule has 0 aliphatic rings. The van der Waals surface area contributed by atoms with E-state index in [1.54, 1.807) is 49.1 Å². The van der Waals surface area contributed by atoms with Crippen molar-refractivity contribution in [2.45, 2.75) is 11.7 Å². The van der Waals surface area contributed by atoms with Crippen molar-refractivity contribution >= 4 is 35.0 Å². The molecule has 0 radical (unpaired) electrons. The van der Waals surface area contributed by atoms with Crippen LogP contribution in [0.25, 0.3) is 11.5 Å². The first-order valence-electron chi connectivity index (χ1n) is 8.59. The summed E-state index contributed by atoms with van der Waals surface area (Å²) in [5.41, 5.74) is 1.27. The lowest BCUT2D eigenvalue weighted by atomic mass is 10.3. The molecule has 146 valence electrons. The predicted octanol–water partition coefficient (Wildman–Crippen LogP) is 3.76. The number of amides is 1. The Bertz CT molecular complexity index is 1080. The predicted molar refractivity (Wildman–Crippen MR) is 110 cm³/mol. The average molecular weight is 427 g/mol. The average Bonchev–Trinajstić information content (AvgIpc) is 3.39. The van der Waals surface area contributed by atoms with Gasteiger partial charge in [0.2, 0.25) is 5.91 Å². The topological polar surface area (TPSA) is 98.7 Å². The van der Waals surface area contributed by atoms with Crippen LogP contribution in [-0.4, -0.2) is 36.4 Å². The number of carbonyl (C=O) groups is 1. The Morgan fingerprint density at radius 3 is 2.76 bits per heavy atom. The summed E-state index contributed by atoms with van der Waals surface area (Å²) < 4.78 is 7.31. The molecule has 0 spiro atoms. The van der Waals surface area contributed by atoms with Gasteiger partial charge in [0.15, 0.2) is 11.0 Å². The van der Waals surface area contributed by atoms with Crippen molar-refractivity contribution in [2.24, 2.45) is 0 Å². The highest BCUT2D eigenvalue weighted by Crippen LogP contribution is 2.24. The van der Waals surface area contributed by atoms with Crippen molar-refractivity contribution in [2.75, 3.05) is 11.1 Å². The monoisotopic (exact) mass is 426 g/mol. The number of hydrogen-bond donors (Lipinski definition) is 1. The molecule has 4 rings (SSSR count). The number of halogens is 1. The Morgan fingerprint density at radius 2 is 2.03 bits per heavy atom. The maximum absolute atomic E-state index is 12.3. The largest absolute Gasteiger partial charge is 0.467 e. The summed E-state index contributed by atoms with van der Waals surface area (Å²) in [6, 6.07) is 10.6. The zero-order valence-electron chi connectivity index (χ0n) is 15.0. The van der Waals surface area contributed by atoms with Gasteiger partial charge in [-0.2, -0.15) is 0 Å². The fraction of sp³-hybridized carbons (Fsp3) is 0.105. The minimum atomic E-state index is -0.161. The molecule has 1 aromatic carbocycles. The van der Waals surface area contributed by atoms with E-state index in [0.717, 1.165) is 5.76 Å². The third-order valence-corrected chi connectivity index (χ3v) is 5.08. The number of furan rings is 1. The molecule has 1 amide bonds. The first kappa shape index (κ1) is 19.2. The molecule has 0 unspecified atom stereocenters. The van der Waals surface area contributed by atoms with Crippen LogP contribution in [-0.2, 0) is 11.3 Å². The van der Waals surface area contributed by atoms with E-state index in [-0.39, 0.29) is 11.7 Å². The number of benzene rings is 1. The van der Waals surface area contributed by atoms with Crippen LogP contribution in [0.3, 0.4) is 0 Å². The molecule has 3 aromatic heterocycles. The van der Waals surface area contributed by atoms with Gasteiger partial charge in [-0.25, -0.2) is 4.98 Å². The van der Waals surface area contributed by atoms with Crippen molar-refractivity contribution in [1.29, 1.82) is 0 Å². The second-order valence-electron chi connectivity index (χ2n) is 5.91. The van der Waals surface area contributed by atoms with Gasteiger partial charge >= 0.3 is 0 Å². The second-order valence-corrected chi connectivity index (χ2v) is 7.29. The summed E-state index contributed by atoms with van der Waals surface area (Å²) in [7, 11) is 0. The fourth-order valence-electron chi connectivity index (χ4n) is 2.56. The van der Waals surface area contributed by atoms with E-state index < -0.39 is 0 Å². The molecular weight excluding hydrogens is 412 g/mol. The number of rotatable bonds is 7. The zero-order valence-corrected chi connectivity index (χ0v) is 16.6. The highest BCUT2D eigenvalue weighted by atomic mass is 35.5.